The number of carbonyl (C=O) groups is 1. The average molecular weight is 247 g/mol. The third kappa shape index (κ3) is 2.91. The van der Waals surface area contributed by atoms with E-state index in [0.29, 0.717) is 6.42 Å². The minimum Gasteiger partial charge on any atom is -0.497 e. The van der Waals surface area contributed by atoms with E-state index in [0.717, 1.165) is 22.6 Å². The smallest absolute Gasteiger partial charge is 0.130 e. The number of hydrogen-bond acceptors (Lipinski definition) is 4. The summed E-state index contributed by atoms with van der Waals surface area (Å²) in [6.07, 6.45) is 3.37. The quantitative estimate of drug-likeness (QED) is 0.762. The van der Waals surface area contributed by atoms with Crippen molar-refractivity contribution in [1.82, 2.24) is 4.98 Å². The molecule has 0 amide bonds. The second-order valence-corrected chi connectivity index (χ2v) is 4.59. The van der Waals surface area contributed by atoms with Gasteiger partial charge in [0, 0.05) is 11.6 Å². The highest BCUT2D eigenvalue weighted by atomic mass is 32.1. The molecule has 0 saturated carbocycles. The van der Waals surface area contributed by atoms with Crippen LogP contribution in [0.15, 0.2) is 35.8 Å². The molecule has 4 heteroatoms. The summed E-state index contributed by atoms with van der Waals surface area (Å²) in [6, 6.07) is 7.75. The Morgan fingerprint density at radius 2 is 2.18 bits per heavy atom. The highest BCUT2D eigenvalue weighted by molar-refractivity contribution is 7.09. The minimum atomic E-state index is -0.150. The van der Waals surface area contributed by atoms with Crippen LogP contribution >= 0.6 is 11.3 Å². The Morgan fingerprint density at radius 3 is 2.71 bits per heavy atom. The van der Waals surface area contributed by atoms with Crippen LogP contribution in [-0.4, -0.2) is 18.4 Å². The van der Waals surface area contributed by atoms with E-state index < -0.39 is 0 Å². The largest absolute Gasteiger partial charge is 0.497 e. The van der Waals surface area contributed by atoms with Crippen LogP contribution in [0.1, 0.15) is 16.5 Å². The summed E-state index contributed by atoms with van der Waals surface area (Å²) < 4.78 is 5.09. The van der Waals surface area contributed by atoms with Crippen molar-refractivity contribution in [2.75, 3.05) is 7.11 Å². The number of rotatable bonds is 5. The molecule has 2 rings (SSSR count). The van der Waals surface area contributed by atoms with Crippen molar-refractivity contribution in [2.24, 2.45) is 0 Å². The number of thiazole rings is 1. The van der Waals surface area contributed by atoms with Gasteiger partial charge in [-0.25, -0.2) is 4.98 Å². The lowest BCUT2D eigenvalue weighted by atomic mass is 10.0. The normalized spacial score (nSPS) is 12.1. The van der Waals surface area contributed by atoms with E-state index in [4.69, 9.17) is 4.74 Å². The van der Waals surface area contributed by atoms with Crippen LogP contribution in [0, 0.1) is 0 Å². The number of ether oxygens (including phenoxy) is 1. The molecule has 3 nitrogen and oxygen atoms in total. The van der Waals surface area contributed by atoms with Gasteiger partial charge in [0.1, 0.15) is 17.0 Å². The van der Waals surface area contributed by atoms with Crippen molar-refractivity contribution in [3.63, 3.8) is 0 Å². The van der Waals surface area contributed by atoms with Gasteiger partial charge in [-0.1, -0.05) is 12.1 Å². The number of nitrogens with zero attached hydrogens (tertiary/aromatic N) is 1. The average Bonchev–Trinajstić information content (AvgIpc) is 2.90. The lowest BCUT2D eigenvalue weighted by Crippen LogP contribution is -2.03. The van der Waals surface area contributed by atoms with Crippen molar-refractivity contribution in [2.45, 2.75) is 12.3 Å². The van der Waals surface area contributed by atoms with Crippen molar-refractivity contribution < 1.29 is 9.53 Å². The number of aldehydes is 1. The van der Waals surface area contributed by atoms with E-state index in [9.17, 15) is 4.79 Å². The van der Waals surface area contributed by atoms with E-state index >= 15 is 0 Å². The molecule has 1 aromatic carbocycles. The van der Waals surface area contributed by atoms with Crippen LogP contribution in [0.2, 0.25) is 0 Å². The van der Waals surface area contributed by atoms with E-state index in [1.54, 1.807) is 13.3 Å². The zero-order valence-electron chi connectivity index (χ0n) is 9.50. The van der Waals surface area contributed by atoms with Gasteiger partial charge < -0.3 is 9.53 Å². The highest BCUT2D eigenvalue weighted by Crippen LogP contribution is 2.22. The number of aromatic nitrogens is 1. The molecular formula is C13H13NO2S. The Balaban J connectivity index is 2.10. The molecule has 0 aliphatic rings. The number of hydrogen-bond donors (Lipinski definition) is 0. The van der Waals surface area contributed by atoms with Crippen molar-refractivity contribution in [3.05, 3.63) is 46.4 Å². The maximum Gasteiger partial charge on any atom is 0.130 e. The van der Waals surface area contributed by atoms with Crippen LogP contribution in [0.25, 0.3) is 0 Å². The monoisotopic (exact) mass is 247 g/mol. The fraction of sp³-hybridized carbons (Fsp3) is 0.231. The van der Waals surface area contributed by atoms with Gasteiger partial charge in [-0.2, -0.15) is 0 Å². The molecule has 0 aliphatic carbocycles. The highest BCUT2D eigenvalue weighted by Gasteiger charge is 2.13. The van der Waals surface area contributed by atoms with Crippen molar-refractivity contribution >= 4 is 17.6 Å². The van der Waals surface area contributed by atoms with Gasteiger partial charge >= 0.3 is 0 Å². The van der Waals surface area contributed by atoms with Crippen LogP contribution in [-0.2, 0) is 11.2 Å². The summed E-state index contributed by atoms with van der Waals surface area (Å²) in [5.41, 5.74) is 1.11. The van der Waals surface area contributed by atoms with E-state index in [2.05, 4.69) is 4.98 Å². The van der Waals surface area contributed by atoms with E-state index in [-0.39, 0.29) is 5.92 Å². The molecule has 88 valence electrons. The first kappa shape index (κ1) is 11.8. The number of carbonyl (C=O) groups excluding carboxylic acids is 1. The van der Waals surface area contributed by atoms with Gasteiger partial charge in [-0.3, -0.25) is 0 Å². The predicted octanol–water partition coefficient (Wildman–Crippen LogP) is 2.68. The van der Waals surface area contributed by atoms with Gasteiger partial charge in [0.25, 0.3) is 0 Å². The lowest BCUT2D eigenvalue weighted by molar-refractivity contribution is -0.109. The van der Waals surface area contributed by atoms with Crippen LogP contribution in [0.4, 0.5) is 0 Å². The summed E-state index contributed by atoms with van der Waals surface area (Å²) in [5, 5.41) is 2.76. The summed E-state index contributed by atoms with van der Waals surface area (Å²) in [5.74, 6) is 0.675. The molecule has 17 heavy (non-hydrogen) atoms. The van der Waals surface area contributed by atoms with Gasteiger partial charge in [0.2, 0.25) is 0 Å². The minimum absolute atomic E-state index is 0.150. The van der Waals surface area contributed by atoms with Crippen molar-refractivity contribution in [3.8, 4) is 5.75 Å². The Kier molecular flexibility index (Phi) is 3.88. The Morgan fingerprint density at radius 1 is 1.41 bits per heavy atom. The third-order valence-electron chi connectivity index (χ3n) is 2.55. The van der Waals surface area contributed by atoms with Gasteiger partial charge in [0.05, 0.1) is 13.0 Å². The third-order valence-corrected chi connectivity index (χ3v) is 3.46. The summed E-state index contributed by atoms with van der Waals surface area (Å²) in [6.45, 7) is 0. The van der Waals surface area contributed by atoms with Crippen molar-refractivity contribution in [1.29, 1.82) is 0 Å². The lowest BCUT2D eigenvalue weighted by Gasteiger charge is -2.07. The molecule has 1 aromatic heterocycles. The molecule has 0 spiro atoms. The molecule has 1 unspecified atom stereocenters. The van der Waals surface area contributed by atoms with Crippen LogP contribution in [0.5, 0.6) is 5.75 Å². The summed E-state index contributed by atoms with van der Waals surface area (Å²) >= 11 is 1.52. The second-order valence-electron chi connectivity index (χ2n) is 3.67. The molecule has 2 aromatic rings. The van der Waals surface area contributed by atoms with Gasteiger partial charge in [-0.15, -0.1) is 11.3 Å². The van der Waals surface area contributed by atoms with Gasteiger partial charge in [-0.05, 0) is 24.1 Å². The topological polar surface area (TPSA) is 39.2 Å². The fourth-order valence-electron chi connectivity index (χ4n) is 1.63. The molecule has 0 fully saturated rings. The molecule has 0 radical (unpaired) electrons. The Bertz CT molecular complexity index is 465. The Labute approximate surface area is 104 Å². The first-order chi connectivity index (χ1) is 8.33. The van der Waals surface area contributed by atoms with Crippen LogP contribution < -0.4 is 4.74 Å². The SMILES string of the molecule is COc1ccc(CC(C=O)c2nccs2)cc1. The maximum atomic E-state index is 11.1. The Hall–Kier alpha value is -1.68. The summed E-state index contributed by atoms with van der Waals surface area (Å²) in [7, 11) is 1.64. The molecule has 0 saturated heterocycles. The number of methoxy groups -OCH3 is 1. The molecule has 0 bridgehead atoms. The van der Waals surface area contributed by atoms with Gasteiger partial charge in [0.15, 0.2) is 0 Å². The predicted molar refractivity (Wildman–Crippen MR) is 67.6 cm³/mol. The number of benzene rings is 1. The molecule has 0 aliphatic heterocycles. The molecular weight excluding hydrogens is 234 g/mol. The zero-order chi connectivity index (χ0) is 12.1. The first-order valence-electron chi connectivity index (χ1n) is 5.31. The zero-order valence-corrected chi connectivity index (χ0v) is 10.3. The fourth-order valence-corrected chi connectivity index (χ4v) is 2.32. The maximum absolute atomic E-state index is 11.1. The first-order valence-corrected chi connectivity index (χ1v) is 6.19. The molecule has 1 heterocycles. The molecule has 1 atom stereocenters. The van der Waals surface area contributed by atoms with E-state index in [1.807, 2.05) is 29.6 Å². The summed E-state index contributed by atoms with van der Waals surface area (Å²) in [4.78, 5) is 15.3. The second kappa shape index (κ2) is 5.59. The van der Waals surface area contributed by atoms with Crippen LogP contribution in [0.3, 0.4) is 0 Å². The standard InChI is InChI=1S/C13H13NO2S/c1-16-12-4-2-10(3-5-12)8-11(9-15)13-14-6-7-17-13/h2-7,9,11H,8H2,1H3. The van der Waals surface area contributed by atoms with E-state index in [1.165, 1.54) is 11.3 Å². The molecule has 0 N–H and O–H groups in total.